The van der Waals surface area contributed by atoms with Crippen molar-refractivity contribution in [2.24, 2.45) is 11.3 Å². The third-order valence-electron chi connectivity index (χ3n) is 4.07. The Morgan fingerprint density at radius 1 is 1.47 bits per heavy atom. The first-order valence-corrected chi connectivity index (χ1v) is 7.66. The zero-order valence-electron chi connectivity index (χ0n) is 11.1. The summed E-state index contributed by atoms with van der Waals surface area (Å²) in [7, 11) is 0. The number of ether oxygens (including phenoxy) is 1. The molecule has 0 bridgehead atoms. The molecule has 1 aliphatic rings. The highest BCUT2D eigenvalue weighted by atomic mass is 79.9. The van der Waals surface area contributed by atoms with Gasteiger partial charge in [0.15, 0.2) is 0 Å². The van der Waals surface area contributed by atoms with Gasteiger partial charge in [0.1, 0.15) is 6.10 Å². The predicted molar refractivity (Wildman–Crippen MR) is 73.3 cm³/mol. The number of rotatable bonds is 6. The van der Waals surface area contributed by atoms with Gasteiger partial charge in [0, 0.05) is 18.5 Å². The zero-order chi connectivity index (χ0) is 12.9. The smallest absolute Gasteiger partial charge is 0.249 e. The monoisotopic (exact) mass is 305 g/mol. The fraction of sp³-hybridized carbons (Fsp3) is 0.923. The molecule has 0 saturated carbocycles. The summed E-state index contributed by atoms with van der Waals surface area (Å²) in [5.41, 5.74) is 0.178. The number of carbonyl (C=O) groups is 1. The van der Waals surface area contributed by atoms with Gasteiger partial charge in [-0.1, -0.05) is 36.7 Å². The van der Waals surface area contributed by atoms with Crippen molar-refractivity contribution in [3.8, 4) is 0 Å². The van der Waals surface area contributed by atoms with Gasteiger partial charge in [-0.3, -0.25) is 4.79 Å². The summed E-state index contributed by atoms with van der Waals surface area (Å²) in [6.45, 7) is 7.87. The largest absolute Gasteiger partial charge is 0.368 e. The van der Waals surface area contributed by atoms with E-state index < -0.39 is 0 Å². The summed E-state index contributed by atoms with van der Waals surface area (Å²) in [5.74, 6) is 0.402. The molecule has 17 heavy (non-hydrogen) atoms. The van der Waals surface area contributed by atoms with E-state index in [1.165, 1.54) is 0 Å². The van der Waals surface area contributed by atoms with Crippen LogP contribution in [0.4, 0.5) is 0 Å². The van der Waals surface area contributed by atoms with E-state index >= 15 is 0 Å². The molecular formula is C13H24BrNO2. The van der Waals surface area contributed by atoms with Crippen LogP contribution in [0, 0.1) is 11.3 Å². The number of amides is 1. The lowest BCUT2D eigenvalue weighted by Gasteiger charge is -2.30. The molecular weight excluding hydrogens is 282 g/mol. The molecule has 2 unspecified atom stereocenters. The summed E-state index contributed by atoms with van der Waals surface area (Å²) in [6, 6.07) is 0. The van der Waals surface area contributed by atoms with Crippen molar-refractivity contribution in [1.29, 1.82) is 0 Å². The lowest BCUT2D eigenvalue weighted by Crippen LogP contribution is -2.43. The van der Waals surface area contributed by atoms with Crippen LogP contribution in [0.1, 0.15) is 40.0 Å². The van der Waals surface area contributed by atoms with Crippen LogP contribution in [-0.2, 0) is 9.53 Å². The van der Waals surface area contributed by atoms with Crippen LogP contribution >= 0.6 is 15.9 Å². The van der Waals surface area contributed by atoms with Crippen LogP contribution in [0.25, 0.3) is 0 Å². The molecule has 0 aromatic carbocycles. The second kappa shape index (κ2) is 6.74. The molecule has 100 valence electrons. The predicted octanol–water partition coefficient (Wildman–Crippen LogP) is 2.73. The minimum absolute atomic E-state index is 0.0576. The average molecular weight is 306 g/mol. The Morgan fingerprint density at radius 2 is 2.12 bits per heavy atom. The summed E-state index contributed by atoms with van der Waals surface area (Å²) in [6.07, 6.45) is 2.88. The molecule has 0 aliphatic carbocycles. The fourth-order valence-electron chi connectivity index (χ4n) is 2.14. The lowest BCUT2D eigenvalue weighted by atomic mass is 9.84. The Bertz CT molecular complexity index is 246. The van der Waals surface area contributed by atoms with Gasteiger partial charge < -0.3 is 10.1 Å². The third-order valence-corrected chi connectivity index (χ3v) is 5.26. The molecule has 1 aliphatic heterocycles. The van der Waals surface area contributed by atoms with E-state index in [0.29, 0.717) is 12.5 Å². The molecule has 0 radical (unpaired) electrons. The van der Waals surface area contributed by atoms with Crippen molar-refractivity contribution in [2.75, 3.05) is 18.5 Å². The van der Waals surface area contributed by atoms with E-state index in [4.69, 9.17) is 4.74 Å². The van der Waals surface area contributed by atoms with Crippen molar-refractivity contribution in [3.05, 3.63) is 0 Å². The van der Waals surface area contributed by atoms with Crippen molar-refractivity contribution in [2.45, 2.75) is 46.1 Å². The molecule has 1 saturated heterocycles. The van der Waals surface area contributed by atoms with Crippen molar-refractivity contribution in [3.63, 3.8) is 0 Å². The number of nitrogens with one attached hydrogen (secondary N) is 1. The second-order valence-electron chi connectivity index (χ2n) is 5.12. The van der Waals surface area contributed by atoms with Crippen LogP contribution in [0.3, 0.4) is 0 Å². The highest BCUT2D eigenvalue weighted by Crippen LogP contribution is 2.28. The number of alkyl halides is 1. The number of halogens is 1. The highest BCUT2D eigenvalue weighted by Gasteiger charge is 2.32. The molecule has 1 N–H and O–H groups in total. The Balaban J connectivity index is 2.46. The van der Waals surface area contributed by atoms with Crippen molar-refractivity contribution in [1.82, 2.24) is 5.32 Å². The highest BCUT2D eigenvalue weighted by molar-refractivity contribution is 9.09. The van der Waals surface area contributed by atoms with Gasteiger partial charge in [-0.05, 0) is 30.6 Å². The molecule has 0 aromatic heterocycles. The van der Waals surface area contributed by atoms with Gasteiger partial charge >= 0.3 is 0 Å². The first kappa shape index (κ1) is 15.0. The molecule has 4 heteroatoms. The minimum atomic E-state index is -0.239. The molecule has 1 fully saturated rings. The van der Waals surface area contributed by atoms with Crippen molar-refractivity contribution < 1.29 is 9.53 Å². The van der Waals surface area contributed by atoms with Crippen LogP contribution in [0.15, 0.2) is 0 Å². The maximum atomic E-state index is 12.0. The number of hydrogen-bond acceptors (Lipinski definition) is 2. The molecule has 2 atom stereocenters. The molecule has 1 rings (SSSR count). The minimum Gasteiger partial charge on any atom is -0.368 e. The van der Waals surface area contributed by atoms with Crippen LogP contribution in [0.2, 0.25) is 0 Å². The van der Waals surface area contributed by atoms with E-state index in [2.05, 4.69) is 42.0 Å². The van der Waals surface area contributed by atoms with Gasteiger partial charge in [0.2, 0.25) is 5.91 Å². The van der Waals surface area contributed by atoms with E-state index in [1.807, 2.05) is 0 Å². The third kappa shape index (κ3) is 3.68. The van der Waals surface area contributed by atoms with E-state index in [9.17, 15) is 4.79 Å². The van der Waals surface area contributed by atoms with Crippen LogP contribution in [-0.4, -0.2) is 30.5 Å². The maximum absolute atomic E-state index is 12.0. The standard InChI is InChI=1S/C13H24BrNO2/c1-4-13(5-2,8-14)9-15-12(16)11-10(3)6-7-17-11/h10-11H,4-9H2,1-3H3,(H,15,16). The van der Waals surface area contributed by atoms with Crippen LogP contribution < -0.4 is 5.32 Å². The summed E-state index contributed by atoms with van der Waals surface area (Å²) >= 11 is 3.56. The molecule has 1 heterocycles. The Hall–Kier alpha value is -0.0900. The zero-order valence-corrected chi connectivity index (χ0v) is 12.7. The first-order chi connectivity index (χ1) is 8.08. The number of hydrogen-bond donors (Lipinski definition) is 1. The fourth-order valence-corrected chi connectivity index (χ4v) is 3.13. The van der Waals surface area contributed by atoms with Gasteiger partial charge in [-0.15, -0.1) is 0 Å². The number of carbonyl (C=O) groups excluding carboxylic acids is 1. The maximum Gasteiger partial charge on any atom is 0.249 e. The van der Waals surface area contributed by atoms with Crippen LogP contribution in [0.5, 0.6) is 0 Å². The first-order valence-electron chi connectivity index (χ1n) is 6.54. The molecule has 0 aromatic rings. The van der Waals surface area contributed by atoms with E-state index in [0.717, 1.165) is 31.1 Å². The quantitative estimate of drug-likeness (QED) is 0.766. The SMILES string of the molecule is CCC(CC)(CBr)CNC(=O)C1OCCC1C. The Labute approximate surface area is 113 Å². The van der Waals surface area contributed by atoms with Gasteiger partial charge in [0.05, 0.1) is 0 Å². The van der Waals surface area contributed by atoms with E-state index in [1.54, 1.807) is 0 Å². The van der Waals surface area contributed by atoms with Crippen molar-refractivity contribution >= 4 is 21.8 Å². The normalized spacial score (nSPS) is 24.9. The Morgan fingerprint density at radius 3 is 2.53 bits per heavy atom. The molecule has 0 spiro atoms. The summed E-state index contributed by atoms with van der Waals surface area (Å²) in [5, 5.41) is 3.98. The topological polar surface area (TPSA) is 38.3 Å². The Kier molecular flexibility index (Phi) is 5.93. The molecule has 1 amide bonds. The summed E-state index contributed by atoms with van der Waals surface area (Å²) in [4.78, 5) is 12.0. The molecule has 3 nitrogen and oxygen atoms in total. The van der Waals surface area contributed by atoms with Gasteiger partial charge in [-0.2, -0.15) is 0 Å². The lowest BCUT2D eigenvalue weighted by molar-refractivity contribution is -0.132. The van der Waals surface area contributed by atoms with Gasteiger partial charge in [-0.25, -0.2) is 0 Å². The van der Waals surface area contributed by atoms with Gasteiger partial charge in [0.25, 0.3) is 0 Å². The average Bonchev–Trinajstić information content (AvgIpc) is 2.78. The summed E-state index contributed by atoms with van der Waals surface area (Å²) < 4.78 is 5.47. The second-order valence-corrected chi connectivity index (χ2v) is 5.68. The van der Waals surface area contributed by atoms with E-state index in [-0.39, 0.29) is 17.4 Å².